The summed E-state index contributed by atoms with van der Waals surface area (Å²) in [6, 6.07) is 12.6. The lowest BCUT2D eigenvalue weighted by Gasteiger charge is -2.06. The van der Waals surface area contributed by atoms with Gasteiger partial charge in [0.15, 0.2) is 0 Å². The molecule has 18 heavy (non-hydrogen) atoms. The molecule has 3 heteroatoms. The predicted octanol–water partition coefficient (Wildman–Crippen LogP) is 5.43. The monoisotopic (exact) mass is 324 g/mol. The van der Waals surface area contributed by atoms with Crippen molar-refractivity contribution in [1.82, 2.24) is 0 Å². The summed E-state index contributed by atoms with van der Waals surface area (Å²) in [5.74, 6) is 0.944. The van der Waals surface area contributed by atoms with Crippen molar-refractivity contribution in [1.29, 1.82) is 0 Å². The Balaban J connectivity index is 1.86. The van der Waals surface area contributed by atoms with Gasteiger partial charge in [-0.1, -0.05) is 25.5 Å². The normalized spacial score (nSPS) is 10.6. The molecular formula is C15H17BrOS. The Bertz CT molecular complexity index is 475. The van der Waals surface area contributed by atoms with Crippen LogP contribution >= 0.6 is 27.3 Å². The number of ether oxygens (including phenoxy) is 1. The van der Waals surface area contributed by atoms with Crippen LogP contribution in [0.15, 0.2) is 40.2 Å². The molecule has 1 heterocycles. The second kappa shape index (κ2) is 6.95. The molecule has 0 saturated heterocycles. The fourth-order valence-corrected chi connectivity index (χ4v) is 3.11. The second-order valence-electron chi connectivity index (χ2n) is 4.24. The average molecular weight is 325 g/mol. The molecule has 96 valence electrons. The van der Waals surface area contributed by atoms with E-state index >= 15 is 0 Å². The second-order valence-corrected chi connectivity index (χ2v) is 6.79. The van der Waals surface area contributed by atoms with Gasteiger partial charge in [-0.2, -0.15) is 0 Å². The highest BCUT2D eigenvalue weighted by Gasteiger charge is 2.00. The molecule has 0 amide bonds. The average Bonchev–Trinajstić information content (AvgIpc) is 2.81. The van der Waals surface area contributed by atoms with E-state index in [0.29, 0.717) is 6.61 Å². The summed E-state index contributed by atoms with van der Waals surface area (Å²) in [6.07, 6.45) is 3.66. The largest absolute Gasteiger partial charge is 0.488 e. The maximum Gasteiger partial charge on any atom is 0.122 e. The Labute approximate surface area is 121 Å². The Morgan fingerprint density at radius 1 is 1.11 bits per heavy atom. The maximum atomic E-state index is 5.75. The molecule has 1 aromatic heterocycles. The Morgan fingerprint density at radius 3 is 2.50 bits per heavy atom. The first-order chi connectivity index (χ1) is 8.78. The van der Waals surface area contributed by atoms with Crippen LogP contribution in [0.1, 0.15) is 30.2 Å². The van der Waals surface area contributed by atoms with E-state index in [1.807, 2.05) is 0 Å². The van der Waals surface area contributed by atoms with Crippen LogP contribution in [0.5, 0.6) is 5.75 Å². The van der Waals surface area contributed by atoms with Gasteiger partial charge in [0.05, 0.1) is 3.79 Å². The molecule has 2 rings (SSSR count). The molecule has 0 aliphatic carbocycles. The number of unbranched alkanes of at least 4 members (excludes halogenated alkanes) is 1. The van der Waals surface area contributed by atoms with Gasteiger partial charge in [0.25, 0.3) is 0 Å². The summed E-state index contributed by atoms with van der Waals surface area (Å²) in [6.45, 7) is 2.86. The van der Waals surface area contributed by atoms with Crippen molar-refractivity contribution in [3.8, 4) is 5.75 Å². The summed E-state index contributed by atoms with van der Waals surface area (Å²) in [5, 5.41) is 0. The molecular weight excluding hydrogens is 308 g/mol. The quantitative estimate of drug-likeness (QED) is 0.688. The van der Waals surface area contributed by atoms with Crippen molar-refractivity contribution in [3.05, 3.63) is 50.6 Å². The zero-order valence-electron chi connectivity index (χ0n) is 10.5. The number of hydrogen-bond donors (Lipinski definition) is 0. The molecule has 0 spiro atoms. The molecule has 2 aromatic rings. The van der Waals surface area contributed by atoms with Gasteiger partial charge in [0.2, 0.25) is 0 Å². The molecule has 0 fully saturated rings. The lowest BCUT2D eigenvalue weighted by Crippen LogP contribution is -1.93. The van der Waals surface area contributed by atoms with Gasteiger partial charge in [-0.05, 0) is 58.6 Å². The molecule has 0 aliphatic rings. The Morgan fingerprint density at radius 2 is 1.89 bits per heavy atom. The van der Waals surface area contributed by atoms with Gasteiger partial charge in [0, 0.05) is 4.88 Å². The first-order valence-corrected chi connectivity index (χ1v) is 7.85. The van der Waals surface area contributed by atoms with Crippen LogP contribution in [-0.2, 0) is 13.0 Å². The highest BCUT2D eigenvalue weighted by molar-refractivity contribution is 9.11. The van der Waals surface area contributed by atoms with E-state index < -0.39 is 0 Å². The summed E-state index contributed by atoms with van der Waals surface area (Å²) in [5.41, 5.74) is 1.39. The van der Waals surface area contributed by atoms with Crippen molar-refractivity contribution in [2.45, 2.75) is 32.8 Å². The maximum absolute atomic E-state index is 5.75. The fraction of sp³-hybridized carbons (Fsp3) is 0.333. The molecule has 0 bridgehead atoms. The minimum Gasteiger partial charge on any atom is -0.488 e. The number of aryl methyl sites for hydroxylation is 1. The number of hydrogen-bond acceptors (Lipinski definition) is 2. The standard InChI is InChI=1S/C15H17BrOS/c1-2-3-4-12-5-7-13(8-6-12)17-11-14-9-10-15(16)18-14/h5-10H,2-4,11H2,1H3. The molecule has 0 saturated carbocycles. The number of rotatable bonds is 6. The minimum atomic E-state index is 0.643. The summed E-state index contributed by atoms with van der Waals surface area (Å²) in [4.78, 5) is 1.23. The third kappa shape index (κ3) is 4.14. The van der Waals surface area contributed by atoms with Crippen LogP contribution in [0.3, 0.4) is 0 Å². The molecule has 0 unspecified atom stereocenters. The number of thiophene rings is 1. The molecule has 1 aromatic carbocycles. The Kier molecular flexibility index (Phi) is 5.26. The third-order valence-corrected chi connectivity index (χ3v) is 4.35. The van der Waals surface area contributed by atoms with Gasteiger partial charge in [0.1, 0.15) is 12.4 Å². The first-order valence-electron chi connectivity index (χ1n) is 6.24. The zero-order chi connectivity index (χ0) is 12.8. The molecule has 0 aliphatic heterocycles. The van der Waals surface area contributed by atoms with E-state index in [1.54, 1.807) is 11.3 Å². The van der Waals surface area contributed by atoms with Crippen LogP contribution in [0.4, 0.5) is 0 Å². The van der Waals surface area contributed by atoms with Gasteiger partial charge >= 0.3 is 0 Å². The van der Waals surface area contributed by atoms with E-state index in [1.165, 1.54) is 23.3 Å². The molecule has 1 nitrogen and oxygen atoms in total. The molecule has 0 atom stereocenters. The van der Waals surface area contributed by atoms with Crippen LogP contribution in [0, 0.1) is 0 Å². The smallest absolute Gasteiger partial charge is 0.122 e. The van der Waals surface area contributed by atoms with Crippen LogP contribution < -0.4 is 4.74 Å². The van der Waals surface area contributed by atoms with Crippen molar-refractivity contribution < 1.29 is 4.74 Å². The van der Waals surface area contributed by atoms with Gasteiger partial charge in [-0.15, -0.1) is 11.3 Å². The molecule has 0 radical (unpaired) electrons. The van der Waals surface area contributed by atoms with Gasteiger partial charge in [-0.25, -0.2) is 0 Å². The first kappa shape index (κ1) is 13.6. The highest BCUT2D eigenvalue weighted by Crippen LogP contribution is 2.23. The van der Waals surface area contributed by atoms with E-state index in [4.69, 9.17) is 4.74 Å². The Hall–Kier alpha value is -0.800. The van der Waals surface area contributed by atoms with Crippen molar-refractivity contribution in [3.63, 3.8) is 0 Å². The fourth-order valence-electron chi connectivity index (χ4n) is 1.72. The predicted molar refractivity (Wildman–Crippen MR) is 81.4 cm³/mol. The third-order valence-electron chi connectivity index (χ3n) is 2.75. The van der Waals surface area contributed by atoms with Crippen LogP contribution in [-0.4, -0.2) is 0 Å². The number of benzene rings is 1. The van der Waals surface area contributed by atoms with Crippen molar-refractivity contribution >= 4 is 27.3 Å². The van der Waals surface area contributed by atoms with Gasteiger partial charge in [-0.3, -0.25) is 0 Å². The summed E-state index contributed by atoms with van der Waals surface area (Å²) >= 11 is 5.17. The van der Waals surface area contributed by atoms with Crippen LogP contribution in [0.2, 0.25) is 0 Å². The summed E-state index contributed by atoms with van der Waals surface area (Å²) < 4.78 is 6.90. The lowest BCUT2D eigenvalue weighted by molar-refractivity contribution is 0.309. The van der Waals surface area contributed by atoms with E-state index in [0.717, 1.165) is 16.0 Å². The van der Waals surface area contributed by atoms with E-state index in [9.17, 15) is 0 Å². The van der Waals surface area contributed by atoms with Gasteiger partial charge < -0.3 is 4.74 Å². The van der Waals surface area contributed by atoms with Crippen molar-refractivity contribution in [2.75, 3.05) is 0 Å². The zero-order valence-corrected chi connectivity index (χ0v) is 12.9. The van der Waals surface area contributed by atoms with Crippen LogP contribution in [0.25, 0.3) is 0 Å². The van der Waals surface area contributed by atoms with E-state index in [-0.39, 0.29) is 0 Å². The molecule has 0 N–H and O–H groups in total. The number of halogens is 1. The lowest BCUT2D eigenvalue weighted by atomic mass is 10.1. The van der Waals surface area contributed by atoms with E-state index in [2.05, 4.69) is 59.3 Å². The minimum absolute atomic E-state index is 0.643. The van der Waals surface area contributed by atoms with Crippen molar-refractivity contribution in [2.24, 2.45) is 0 Å². The highest BCUT2D eigenvalue weighted by atomic mass is 79.9. The topological polar surface area (TPSA) is 9.23 Å². The SMILES string of the molecule is CCCCc1ccc(OCc2ccc(Br)s2)cc1. The summed E-state index contributed by atoms with van der Waals surface area (Å²) in [7, 11) is 0.